The zero-order valence-corrected chi connectivity index (χ0v) is 12.0. The molecule has 1 aromatic rings. The van der Waals surface area contributed by atoms with E-state index in [0.29, 0.717) is 0 Å². The highest BCUT2D eigenvalue weighted by atomic mass is 79.9. The number of rotatable bonds is 5. The molecule has 2 nitrogen and oxygen atoms in total. The fraction of sp³-hybridized carbons (Fsp3) is 0.538. The Hall–Kier alpha value is -0.700. The maximum absolute atomic E-state index is 5.86. The topological polar surface area (TPSA) is 29.3 Å². The molecule has 0 bridgehead atoms. The van der Waals surface area contributed by atoms with E-state index in [-0.39, 0.29) is 0 Å². The molecule has 2 N–H and O–H groups in total. The summed E-state index contributed by atoms with van der Waals surface area (Å²) in [7, 11) is 2.13. The largest absolute Gasteiger partial charge is 0.398 e. The van der Waals surface area contributed by atoms with Gasteiger partial charge in [-0.15, -0.1) is 0 Å². The van der Waals surface area contributed by atoms with Crippen molar-refractivity contribution in [3.05, 3.63) is 22.2 Å². The predicted molar refractivity (Wildman–Crippen MR) is 76.1 cm³/mol. The van der Waals surface area contributed by atoms with Gasteiger partial charge in [0.25, 0.3) is 0 Å². The molecule has 90 valence electrons. The van der Waals surface area contributed by atoms with E-state index in [0.717, 1.165) is 22.3 Å². The van der Waals surface area contributed by atoms with Crippen LogP contribution in [0.5, 0.6) is 0 Å². The van der Waals surface area contributed by atoms with Gasteiger partial charge in [0.15, 0.2) is 0 Å². The quantitative estimate of drug-likeness (QED) is 0.655. The summed E-state index contributed by atoms with van der Waals surface area (Å²) in [5.74, 6) is 0. The minimum absolute atomic E-state index is 0.845. The average Bonchev–Trinajstić information content (AvgIpc) is 2.23. The van der Waals surface area contributed by atoms with Crippen molar-refractivity contribution in [2.24, 2.45) is 0 Å². The average molecular weight is 285 g/mol. The van der Waals surface area contributed by atoms with Gasteiger partial charge in [-0.05, 0) is 47.0 Å². The minimum atomic E-state index is 0.845. The Balaban J connectivity index is 2.75. The van der Waals surface area contributed by atoms with Gasteiger partial charge in [-0.1, -0.05) is 19.8 Å². The van der Waals surface area contributed by atoms with Crippen molar-refractivity contribution in [1.29, 1.82) is 0 Å². The highest BCUT2D eigenvalue weighted by molar-refractivity contribution is 9.10. The Kier molecular flexibility index (Phi) is 5.13. The van der Waals surface area contributed by atoms with Crippen LogP contribution in [0, 0.1) is 6.92 Å². The maximum atomic E-state index is 5.86. The first-order chi connectivity index (χ1) is 7.56. The van der Waals surface area contributed by atoms with E-state index in [9.17, 15) is 0 Å². The third-order valence-corrected chi connectivity index (χ3v) is 3.48. The highest BCUT2D eigenvalue weighted by Crippen LogP contribution is 2.30. The SMILES string of the molecule is CCCCCN(C)c1cc(C)c(N)cc1Br. The second kappa shape index (κ2) is 6.14. The van der Waals surface area contributed by atoms with E-state index in [2.05, 4.69) is 40.9 Å². The number of benzene rings is 1. The molecule has 0 aliphatic carbocycles. The molecule has 1 aromatic carbocycles. The van der Waals surface area contributed by atoms with Crippen molar-refractivity contribution in [3.63, 3.8) is 0 Å². The molecule has 0 aliphatic rings. The summed E-state index contributed by atoms with van der Waals surface area (Å²) in [5.41, 5.74) is 9.07. The van der Waals surface area contributed by atoms with Gasteiger partial charge in [-0.25, -0.2) is 0 Å². The van der Waals surface area contributed by atoms with Crippen molar-refractivity contribution >= 4 is 27.3 Å². The standard InChI is InChI=1S/C13H21BrN2/c1-4-5-6-7-16(3)13-8-10(2)12(15)9-11(13)14/h8-9H,4-7,15H2,1-3H3. The smallest absolute Gasteiger partial charge is 0.0512 e. The van der Waals surface area contributed by atoms with Gasteiger partial charge in [-0.2, -0.15) is 0 Å². The molecule has 1 rings (SSSR count). The van der Waals surface area contributed by atoms with Crippen LogP contribution in [-0.2, 0) is 0 Å². The van der Waals surface area contributed by atoms with Gasteiger partial charge in [0.1, 0.15) is 0 Å². The molecule has 0 saturated heterocycles. The lowest BCUT2D eigenvalue weighted by Crippen LogP contribution is -2.19. The van der Waals surface area contributed by atoms with Crippen molar-refractivity contribution in [2.75, 3.05) is 24.2 Å². The normalized spacial score (nSPS) is 10.5. The molecule has 0 amide bonds. The zero-order valence-electron chi connectivity index (χ0n) is 10.4. The summed E-state index contributed by atoms with van der Waals surface area (Å²) >= 11 is 3.57. The lowest BCUT2D eigenvalue weighted by Gasteiger charge is -2.21. The number of anilines is 2. The van der Waals surface area contributed by atoms with Crippen molar-refractivity contribution in [3.8, 4) is 0 Å². The second-order valence-electron chi connectivity index (χ2n) is 4.29. The lowest BCUT2D eigenvalue weighted by molar-refractivity contribution is 0.704. The van der Waals surface area contributed by atoms with Crippen molar-refractivity contribution in [2.45, 2.75) is 33.1 Å². The second-order valence-corrected chi connectivity index (χ2v) is 5.14. The summed E-state index contributed by atoms with van der Waals surface area (Å²) < 4.78 is 1.08. The minimum Gasteiger partial charge on any atom is -0.398 e. The van der Waals surface area contributed by atoms with E-state index in [4.69, 9.17) is 5.73 Å². The Morgan fingerprint density at radius 3 is 2.62 bits per heavy atom. The molecule has 3 heteroatoms. The monoisotopic (exact) mass is 284 g/mol. The Labute approximate surface area is 107 Å². The first kappa shape index (κ1) is 13.4. The highest BCUT2D eigenvalue weighted by Gasteiger charge is 2.07. The lowest BCUT2D eigenvalue weighted by atomic mass is 10.1. The van der Waals surface area contributed by atoms with Gasteiger partial charge in [0.2, 0.25) is 0 Å². The van der Waals surface area contributed by atoms with Gasteiger partial charge in [0, 0.05) is 23.8 Å². The van der Waals surface area contributed by atoms with Gasteiger partial charge in [0.05, 0.1) is 5.69 Å². The van der Waals surface area contributed by atoms with E-state index >= 15 is 0 Å². The fourth-order valence-corrected chi connectivity index (χ4v) is 2.36. The van der Waals surface area contributed by atoms with Crippen LogP contribution >= 0.6 is 15.9 Å². The first-order valence-electron chi connectivity index (χ1n) is 5.83. The molecule has 0 spiro atoms. The van der Waals surface area contributed by atoms with E-state index in [1.54, 1.807) is 0 Å². The van der Waals surface area contributed by atoms with Crippen molar-refractivity contribution in [1.82, 2.24) is 0 Å². The van der Waals surface area contributed by atoms with Gasteiger partial charge < -0.3 is 10.6 Å². The zero-order chi connectivity index (χ0) is 12.1. The number of halogens is 1. The van der Waals surface area contributed by atoms with Crippen LogP contribution in [0.15, 0.2) is 16.6 Å². The third kappa shape index (κ3) is 3.41. The molecule has 0 radical (unpaired) electrons. The van der Waals surface area contributed by atoms with Crippen LogP contribution in [0.1, 0.15) is 31.7 Å². The summed E-state index contributed by atoms with van der Waals surface area (Å²) in [5, 5.41) is 0. The van der Waals surface area contributed by atoms with E-state index in [1.165, 1.54) is 24.9 Å². The van der Waals surface area contributed by atoms with Gasteiger partial charge in [-0.3, -0.25) is 0 Å². The maximum Gasteiger partial charge on any atom is 0.0512 e. The molecule has 0 aromatic heterocycles. The molecule has 0 fully saturated rings. The number of hydrogen-bond donors (Lipinski definition) is 1. The van der Waals surface area contributed by atoms with Crippen LogP contribution in [0.4, 0.5) is 11.4 Å². The molecule has 16 heavy (non-hydrogen) atoms. The molecular weight excluding hydrogens is 264 g/mol. The van der Waals surface area contributed by atoms with Gasteiger partial charge >= 0.3 is 0 Å². The fourth-order valence-electron chi connectivity index (χ4n) is 1.69. The molecular formula is C13H21BrN2. The number of nitrogens with two attached hydrogens (primary N) is 1. The number of aryl methyl sites for hydroxylation is 1. The summed E-state index contributed by atoms with van der Waals surface area (Å²) in [6, 6.07) is 4.13. The van der Waals surface area contributed by atoms with Crippen LogP contribution in [0.2, 0.25) is 0 Å². The van der Waals surface area contributed by atoms with E-state index < -0.39 is 0 Å². The molecule has 0 aliphatic heterocycles. The van der Waals surface area contributed by atoms with Crippen LogP contribution in [0.3, 0.4) is 0 Å². The summed E-state index contributed by atoms with van der Waals surface area (Å²) in [6.07, 6.45) is 3.79. The van der Waals surface area contributed by atoms with E-state index in [1.807, 2.05) is 13.0 Å². The van der Waals surface area contributed by atoms with Crippen LogP contribution in [0.25, 0.3) is 0 Å². The number of nitrogen functional groups attached to an aromatic ring is 1. The van der Waals surface area contributed by atoms with Crippen LogP contribution in [-0.4, -0.2) is 13.6 Å². The predicted octanol–water partition coefficient (Wildman–Crippen LogP) is 3.97. The Morgan fingerprint density at radius 1 is 1.31 bits per heavy atom. The van der Waals surface area contributed by atoms with Crippen LogP contribution < -0.4 is 10.6 Å². The Bertz CT molecular complexity index is 350. The molecule has 0 saturated carbocycles. The van der Waals surface area contributed by atoms with Crippen molar-refractivity contribution < 1.29 is 0 Å². The summed E-state index contributed by atoms with van der Waals surface area (Å²) in [6.45, 7) is 5.37. The Morgan fingerprint density at radius 2 is 2.00 bits per heavy atom. The molecule has 0 atom stereocenters. The number of unbranched alkanes of at least 4 members (excludes halogenated alkanes) is 2. The molecule has 0 unspecified atom stereocenters. The number of nitrogens with zero attached hydrogens (tertiary/aromatic N) is 1. The summed E-state index contributed by atoms with van der Waals surface area (Å²) in [4.78, 5) is 2.28. The number of hydrogen-bond acceptors (Lipinski definition) is 2. The third-order valence-electron chi connectivity index (χ3n) is 2.84. The first-order valence-corrected chi connectivity index (χ1v) is 6.62. The molecule has 0 heterocycles.